The summed E-state index contributed by atoms with van der Waals surface area (Å²) in [4.78, 5) is 11.0. The predicted molar refractivity (Wildman–Crippen MR) is 84.4 cm³/mol. The van der Waals surface area contributed by atoms with E-state index in [4.69, 9.17) is 4.74 Å². The van der Waals surface area contributed by atoms with E-state index in [1.54, 1.807) is 6.07 Å². The highest BCUT2D eigenvalue weighted by molar-refractivity contribution is 9.10. The van der Waals surface area contributed by atoms with Crippen molar-refractivity contribution >= 4 is 22.2 Å². The minimum Gasteiger partial charge on any atom is -0.487 e. The van der Waals surface area contributed by atoms with Crippen LogP contribution in [-0.4, -0.2) is 6.29 Å². The Morgan fingerprint density at radius 3 is 2.45 bits per heavy atom. The highest BCUT2D eigenvalue weighted by Crippen LogP contribution is 2.28. The summed E-state index contributed by atoms with van der Waals surface area (Å²) in [6, 6.07) is 13.8. The highest BCUT2D eigenvalue weighted by Gasteiger charge is 2.07. The van der Waals surface area contributed by atoms with Crippen molar-refractivity contribution in [2.75, 3.05) is 0 Å². The fourth-order valence-electron chi connectivity index (χ4n) is 1.92. The Hall–Kier alpha value is -1.61. The third-order valence-corrected chi connectivity index (χ3v) is 3.78. The molecular formula is C17H17BrO2. The molecule has 104 valence electrons. The first kappa shape index (κ1) is 14.8. The second-order valence-corrected chi connectivity index (χ2v) is 5.82. The minimum absolute atomic E-state index is 0.446. The molecule has 2 aromatic carbocycles. The van der Waals surface area contributed by atoms with Gasteiger partial charge >= 0.3 is 0 Å². The Balaban J connectivity index is 2.11. The molecule has 0 aliphatic heterocycles. The van der Waals surface area contributed by atoms with Gasteiger partial charge in [0.25, 0.3) is 0 Å². The molecule has 0 aliphatic carbocycles. The highest BCUT2D eigenvalue weighted by atomic mass is 79.9. The molecule has 0 N–H and O–H groups in total. The molecular weight excluding hydrogens is 316 g/mol. The molecule has 3 heteroatoms. The number of ether oxygens (including phenoxy) is 1. The molecule has 0 unspecified atom stereocenters. The van der Waals surface area contributed by atoms with Gasteiger partial charge in [-0.25, -0.2) is 0 Å². The number of para-hydroxylation sites is 1. The molecule has 0 heterocycles. The van der Waals surface area contributed by atoms with Gasteiger partial charge in [-0.15, -0.1) is 0 Å². The van der Waals surface area contributed by atoms with Gasteiger partial charge in [0.1, 0.15) is 12.4 Å². The summed E-state index contributed by atoms with van der Waals surface area (Å²) < 4.78 is 6.56. The summed E-state index contributed by atoms with van der Waals surface area (Å²) >= 11 is 3.41. The lowest BCUT2D eigenvalue weighted by Crippen LogP contribution is -1.99. The van der Waals surface area contributed by atoms with Crippen LogP contribution in [0.5, 0.6) is 5.75 Å². The molecule has 0 radical (unpaired) electrons. The van der Waals surface area contributed by atoms with Crippen molar-refractivity contribution in [3.63, 3.8) is 0 Å². The average Bonchev–Trinajstić information content (AvgIpc) is 2.46. The number of benzene rings is 2. The van der Waals surface area contributed by atoms with Crippen LogP contribution in [0.1, 0.15) is 41.3 Å². The summed E-state index contributed by atoms with van der Waals surface area (Å²) in [5.74, 6) is 1.12. The first-order chi connectivity index (χ1) is 9.61. The number of carbonyl (C=O) groups excluding carboxylic acids is 1. The lowest BCUT2D eigenvalue weighted by molar-refractivity contribution is 0.111. The van der Waals surface area contributed by atoms with Crippen LogP contribution < -0.4 is 4.74 Å². The molecule has 0 saturated carbocycles. The molecule has 0 bridgehead atoms. The number of carbonyl (C=O) groups is 1. The zero-order valence-corrected chi connectivity index (χ0v) is 13.2. The van der Waals surface area contributed by atoms with E-state index in [0.29, 0.717) is 23.8 Å². The van der Waals surface area contributed by atoms with Gasteiger partial charge in [0, 0.05) is 0 Å². The van der Waals surface area contributed by atoms with Crippen molar-refractivity contribution in [2.45, 2.75) is 26.4 Å². The predicted octanol–water partition coefficient (Wildman–Crippen LogP) is 4.96. The van der Waals surface area contributed by atoms with Gasteiger partial charge in [0.15, 0.2) is 6.29 Å². The minimum atomic E-state index is 0.446. The number of hydrogen-bond donors (Lipinski definition) is 0. The Labute approximate surface area is 127 Å². The average molecular weight is 333 g/mol. The second-order valence-electron chi connectivity index (χ2n) is 4.96. The number of hydrogen-bond acceptors (Lipinski definition) is 2. The van der Waals surface area contributed by atoms with Gasteiger partial charge in [0.05, 0.1) is 10.0 Å². The van der Waals surface area contributed by atoms with Crippen LogP contribution in [0.15, 0.2) is 46.9 Å². The third-order valence-electron chi connectivity index (χ3n) is 3.15. The molecule has 2 nitrogen and oxygen atoms in total. The third kappa shape index (κ3) is 3.48. The molecule has 2 rings (SSSR count). The maximum absolute atomic E-state index is 11.0. The summed E-state index contributed by atoms with van der Waals surface area (Å²) in [6.45, 7) is 4.79. The van der Waals surface area contributed by atoms with Crippen molar-refractivity contribution in [3.8, 4) is 5.75 Å². The van der Waals surface area contributed by atoms with Crippen molar-refractivity contribution < 1.29 is 9.53 Å². The Bertz CT molecular complexity index is 588. The van der Waals surface area contributed by atoms with Gasteiger partial charge in [-0.2, -0.15) is 0 Å². The molecule has 2 aromatic rings. The fourth-order valence-corrected chi connectivity index (χ4v) is 2.42. The zero-order valence-electron chi connectivity index (χ0n) is 11.6. The van der Waals surface area contributed by atoms with Gasteiger partial charge in [0.2, 0.25) is 0 Å². The van der Waals surface area contributed by atoms with Gasteiger partial charge in [-0.05, 0) is 45.1 Å². The molecule has 0 aliphatic rings. The van der Waals surface area contributed by atoms with Gasteiger partial charge < -0.3 is 4.74 Å². The van der Waals surface area contributed by atoms with E-state index in [2.05, 4.69) is 54.0 Å². The second kappa shape index (κ2) is 6.71. The Morgan fingerprint density at radius 1 is 1.15 bits per heavy atom. The number of halogens is 1. The van der Waals surface area contributed by atoms with Gasteiger partial charge in [-0.1, -0.05) is 44.2 Å². The molecule has 0 atom stereocenters. The lowest BCUT2D eigenvalue weighted by atomic mass is 10.0. The fraction of sp³-hybridized carbons (Fsp3) is 0.235. The van der Waals surface area contributed by atoms with E-state index < -0.39 is 0 Å². The van der Waals surface area contributed by atoms with Crippen LogP contribution in [0.3, 0.4) is 0 Å². The number of rotatable bonds is 5. The molecule has 0 fully saturated rings. The van der Waals surface area contributed by atoms with Crippen LogP contribution in [-0.2, 0) is 6.61 Å². The first-order valence-corrected chi connectivity index (χ1v) is 7.36. The van der Waals surface area contributed by atoms with Crippen molar-refractivity contribution in [3.05, 3.63) is 63.6 Å². The SMILES string of the molecule is CC(C)c1ccc(COc2c(Br)cccc2C=O)cc1. The quantitative estimate of drug-likeness (QED) is 0.723. The Kier molecular flexibility index (Phi) is 4.96. The lowest BCUT2D eigenvalue weighted by Gasteiger charge is -2.11. The van der Waals surface area contributed by atoms with Crippen LogP contribution in [0.4, 0.5) is 0 Å². The summed E-state index contributed by atoms with van der Waals surface area (Å²) in [7, 11) is 0. The van der Waals surface area contributed by atoms with E-state index in [9.17, 15) is 4.79 Å². The van der Waals surface area contributed by atoms with E-state index in [1.807, 2.05) is 12.1 Å². The van der Waals surface area contributed by atoms with Gasteiger partial charge in [-0.3, -0.25) is 4.79 Å². The molecule has 0 spiro atoms. The Morgan fingerprint density at radius 2 is 1.85 bits per heavy atom. The maximum atomic E-state index is 11.0. The number of aldehydes is 1. The summed E-state index contributed by atoms with van der Waals surface area (Å²) in [5.41, 5.74) is 2.95. The zero-order chi connectivity index (χ0) is 14.5. The molecule has 0 aromatic heterocycles. The summed E-state index contributed by atoms with van der Waals surface area (Å²) in [6.07, 6.45) is 0.807. The van der Waals surface area contributed by atoms with E-state index in [1.165, 1.54) is 5.56 Å². The van der Waals surface area contributed by atoms with Crippen LogP contribution in [0.25, 0.3) is 0 Å². The van der Waals surface area contributed by atoms with E-state index in [-0.39, 0.29) is 0 Å². The monoisotopic (exact) mass is 332 g/mol. The maximum Gasteiger partial charge on any atom is 0.153 e. The van der Waals surface area contributed by atoms with Crippen LogP contribution >= 0.6 is 15.9 Å². The van der Waals surface area contributed by atoms with Crippen molar-refractivity contribution in [1.82, 2.24) is 0 Å². The molecule has 0 saturated heterocycles. The summed E-state index contributed by atoms with van der Waals surface area (Å²) in [5, 5.41) is 0. The topological polar surface area (TPSA) is 26.3 Å². The molecule has 20 heavy (non-hydrogen) atoms. The standard InChI is InChI=1S/C17H17BrO2/c1-12(2)14-8-6-13(7-9-14)11-20-17-15(10-19)4-3-5-16(17)18/h3-10,12H,11H2,1-2H3. The smallest absolute Gasteiger partial charge is 0.153 e. The normalized spacial score (nSPS) is 10.6. The first-order valence-electron chi connectivity index (χ1n) is 6.57. The largest absolute Gasteiger partial charge is 0.487 e. The van der Waals surface area contributed by atoms with E-state index >= 15 is 0 Å². The molecule has 0 amide bonds. The van der Waals surface area contributed by atoms with Crippen molar-refractivity contribution in [2.24, 2.45) is 0 Å². The van der Waals surface area contributed by atoms with Crippen LogP contribution in [0.2, 0.25) is 0 Å². The van der Waals surface area contributed by atoms with Crippen LogP contribution in [0, 0.1) is 0 Å². The van der Waals surface area contributed by atoms with E-state index in [0.717, 1.165) is 16.3 Å². The van der Waals surface area contributed by atoms with Crippen molar-refractivity contribution in [1.29, 1.82) is 0 Å².